The number of unbranched alkanes of at least 4 members (excludes halogenated alkanes) is 1. The quantitative estimate of drug-likeness (QED) is 0.467. The Morgan fingerprint density at radius 2 is 1.65 bits per heavy atom. The fourth-order valence-corrected chi connectivity index (χ4v) is 3.05. The highest BCUT2D eigenvalue weighted by atomic mass is 15.1. The van der Waals surface area contributed by atoms with Crippen molar-refractivity contribution in [2.24, 2.45) is 5.92 Å². The van der Waals surface area contributed by atoms with Gasteiger partial charge in [-0.3, -0.25) is 0 Å². The molecule has 0 amide bonds. The number of nitrogens with zero attached hydrogens (tertiary/aromatic N) is 1. The Labute approximate surface area is 145 Å². The molecule has 0 saturated heterocycles. The van der Waals surface area contributed by atoms with E-state index in [9.17, 15) is 0 Å². The highest BCUT2D eigenvalue weighted by Gasteiger charge is 2.15. The predicted molar refractivity (Wildman–Crippen MR) is 107 cm³/mol. The monoisotopic (exact) mass is 317 g/mol. The average molecular weight is 318 g/mol. The molecular formula is C22H39N. The number of hydrogen-bond donors (Lipinski definition) is 0. The summed E-state index contributed by atoms with van der Waals surface area (Å²) in [5.41, 5.74) is 1.17. The molecule has 0 aliphatic heterocycles. The van der Waals surface area contributed by atoms with Crippen molar-refractivity contribution in [3.63, 3.8) is 0 Å². The Hall–Kier alpha value is -1.08. The lowest BCUT2D eigenvalue weighted by atomic mass is 9.92. The molecule has 0 N–H and O–H groups in total. The fourth-order valence-electron chi connectivity index (χ4n) is 3.05. The first-order valence-electron chi connectivity index (χ1n) is 9.54. The molecule has 1 rings (SSSR count). The van der Waals surface area contributed by atoms with Gasteiger partial charge in [-0.15, -0.1) is 0 Å². The van der Waals surface area contributed by atoms with E-state index in [1.165, 1.54) is 50.8 Å². The lowest BCUT2D eigenvalue weighted by Gasteiger charge is -2.29. The molecule has 0 aromatic heterocycles. The second-order valence-electron chi connectivity index (χ2n) is 6.34. The van der Waals surface area contributed by atoms with E-state index in [1.54, 1.807) is 0 Å². The zero-order valence-electron chi connectivity index (χ0n) is 16.2. The summed E-state index contributed by atoms with van der Waals surface area (Å²) in [5.74, 6) is 0.945. The van der Waals surface area contributed by atoms with E-state index < -0.39 is 0 Å². The third kappa shape index (κ3) is 10.3. The topological polar surface area (TPSA) is 3.24 Å². The Kier molecular flexibility index (Phi) is 13.8. The maximum Gasteiger partial charge on any atom is 0.00693 e. The van der Waals surface area contributed by atoms with Crippen molar-refractivity contribution in [1.29, 1.82) is 0 Å². The lowest BCUT2D eigenvalue weighted by Crippen LogP contribution is -2.34. The summed E-state index contributed by atoms with van der Waals surface area (Å²) in [6, 6.07) is 10.8. The zero-order valence-corrected chi connectivity index (χ0v) is 16.2. The molecule has 1 nitrogen and oxygen atoms in total. The van der Waals surface area contributed by atoms with Gasteiger partial charge in [0, 0.05) is 6.04 Å². The van der Waals surface area contributed by atoms with Crippen LogP contribution in [-0.4, -0.2) is 24.0 Å². The smallest absolute Gasteiger partial charge is 0.00693 e. The van der Waals surface area contributed by atoms with Gasteiger partial charge in [0.2, 0.25) is 0 Å². The van der Waals surface area contributed by atoms with Crippen molar-refractivity contribution in [2.75, 3.05) is 13.1 Å². The van der Waals surface area contributed by atoms with Gasteiger partial charge in [-0.1, -0.05) is 96.4 Å². The van der Waals surface area contributed by atoms with Crippen LogP contribution in [0.3, 0.4) is 0 Å². The van der Waals surface area contributed by atoms with Crippen LogP contribution in [0.15, 0.2) is 36.9 Å². The first-order valence-corrected chi connectivity index (χ1v) is 9.54. The van der Waals surface area contributed by atoms with E-state index in [-0.39, 0.29) is 0 Å². The summed E-state index contributed by atoms with van der Waals surface area (Å²) in [6.07, 6.45) is 8.75. The summed E-state index contributed by atoms with van der Waals surface area (Å²) in [6.45, 7) is 17.6. The van der Waals surface area contributed by atoms with E-state index in [2.05, 4.69) is 46.1 Å². The summed E-state index contributed by atoms with van der Waals surface area (Å²) in [5, 5.41) is 0. The Morgan fingerprint density at radius 3 is 2.04 bits per heavy atom. The second-order valence-corrected chi connectivity index (χ2v) is 6.34. The minimum atomic E-state index is 0.766. The molecule has 0 aliphatic rings. The standard InChI is InChI=1S/C14H31N.C8H8/c1-6-10-11-14(7-2)12-13(5)15(8-3)9-4;1-2-8-6-4-3-5-7-8/h13-14H,6-12H2,1-5H3;2-7H,1H2. The van der Waals surface area contributed by atoms with Gasteiger partial charge in [-0.2, -0.15) is 0 Å². The van der Waals surface area contributed by atoms with E-state index in [1.807, 2.05) is 36.4 Å². The van der Waals surface area contributed by atoms with E-state index >= 15 is 0 Å². The van der Waals surface area contributed by atoms with Gasteiger partial charge in [0.15, 0.2) is 0 Å². The molecule has 0 spiro atoms. The second kappa shape index (κ2) is 14.5. The molecule has 1 heteroatoms. The highest BCUT2D eigenvalue weighted by Crippen LogP contribution is 2.20. The van der Waals surface area contributed by atoms with Gasteiger partial charge >= 0.3 is 0 Å². The molecule has 2 atom stereocenters. The molecule has 1 aromatic carbocycles. The van der Waals surface area contributed by atoms with Crippen LogP contribution in [0.5, 0.6) is 0 Å². The van der Waals surface area contributed by atoms with Crippen LogP contribution in [0.25, 0.3) is 6.08 Å². The molecule has 0 bridgehead atoms. The minimum Gasteiger partial charge on any atom is -0.301 e. The molecule has 132 valence electrons. The molecule has 23 heavy (non-hydrogen) atoms. The first kappa shape index (κ1) is 21.9. The largest absolute Gasteiger partial charge is 0.301 e. The van der Waals surface area contributed by atoms with Gasteiger partial charge in [-0.25, -0.2) is 0 Å². The summed E-state index contributed by atoms with van der Waals surface area (Å²) < 4.78 is 0. The van der Waals surface area contributed by atoms with Crippen LogP contribution in [0, 0.1) is 5.92 Å². The molecule has 0 heterocycles. The SMILES string of the molecule is C=Cc1ccccc1.CCCCC(CC)CC(C)N(CC)CC. The van der Waals surface area contributed by atoms with Gasteiger partial charge in [-0.05, 0) is 37.9 Å². The van der Waals surface area contributed by atoms with Crippen molar-refractivity contribution >= 4 is 6.08 Å². The fraction of sp³-hybridized carbons (Fsp3) is 0.636. The predicted octanol–water partition coefficient (Wildman–Crippen LogP) is 6.65. The van der Waals surface area contributed by atoms with Crippen LogP contribution >= 0.6 is 0 Å². The third-order valence-corrected chi connectivity index (χ3v) is 4.69. The van der Waals surface area contributed by atoms with Crippen LogP contribution in [0.1, 0.15) is 72.3 Å². The molecule has 0 fully saturated rings. The normalized spacial score (nSPS) is 13.1. The van der Waals surface area contributed by atoms with Crippen molar-refractivity contribution in [3.8, 4) is 0 Å². The average Bonchev–Trinajstić information content (AvgIpc) is 2.60. The third-order valence-electron chi connectivity index (χ3n) is 4.69. The number of hydrogen-bond acceptors (Lipinski definition) is 1. The maximum absolute atomic E-state index is 3.63. The Balaban J connectivity index is 0.000000502. The van der Waals surface area contributed by atoms with Crippen LogP contribution < -0.4 is 0 Å². The number of benzene rings is 1. The molecule has 0 aliphatic carbocycles. The maximum atomic E-state index is 3.63. The van der Waals surface area contributed by atoms with E-state index in [0.717, 1.165) is 12.0 Å². The minimum absolute atomic E-state index is 0.766. The highest BCUT2D eigenvalue weighted by molar-refractivity contribution is 5.45. The van der Waals surface area contributed by atoms with Gasteiger partial charge in [0.05, 0.1) is 0 Å². The van der Waals surface area contributed by atoms with Gasteiger partial charge < -0.3 is 4.90 Å². The van der Waals surface area contributed by atoms with Crippen molar-refractivity contribution < 1.29 is 0 Å². The lowest BCUT2D eigenvalue weighted by molar-refractivity contribution is 0.192. The van der Waals surface area contributed by atoms with Gasteiger partial charge in [0.25, 0.3) is 0 Å². The van der Waals surface area contributed by atoms with Crippen molar-refractivity contribution in [2.45, 2.75) is 72.8 Å². The van der Waals surface area contributed by atoms with Crippen LogP contribution in [-0.2, 0) is 0 Å². The van der Waals surface area contributed by atoms with Crippen molar-refractivity contribution in [3.05, 3.63) is 42.5 Å². The molecule has 2 unspecified atom stereocenters. The van der Waals surface area contributed by atoms with Crippen molar-refractivity contribution in [1.82, 2.24) is 4.90 Å². The van der Waals surface area contributed by atoms with E-state index in [4.69, 9.17) is 0 Å². The van der Waals surface area contributed by atoms with Gasteiger partial charge in [0.1, 0.15) is 0 Å². The first-order chi connectivity index (χ1) is 11.1. The summed E-state index contributed by atoms with van der Waals surface area (Å²) in [7, 11) is 0. The molecule has 0 radical (unpaired) electrons. The molecule has 1 aromatic rings. The van der Waals surface area contributed by atoms with Crippen LogP contribution in [0.4, 0.5) is 0 Å². The summed E-state index contributed by atoms with van der Waals surface area (Å²) >= 11 is 0. The van der Waals surface area contributed by atoms with E-state index in [0.29, 0.717) is 0 Å². The van der Waals surface area contributed by atoms with Crippen LogP contribution in [0.2, 0.25) is 0 Å². The molecular weight excluding hydrogens is 278 g/mol. The summed E-state index contributed by atoms with van der Waals surface area (Å²) in [4.78, 5) is 2.58. The Morgan fingerprint density at radius 1 is 1.04 bits per heavy atom. The number of rotatable bonds is 10. The molecule has 0 saturated carbocycles. The Bertz CT molecular complexity index is 367. The zero-order chi connectivity index (χ0) is 17.5.